The fraction of sp³-hybridized carbons (Fsp3) is 0.300. The lowest BCUT2D eigenvalue weighted by atomic mass is 10.0. The number of fused-ring (bicyclic) bond motifs is 1. The van der Waals surface area contributed by atoms with Crippen LogP contribution < -0.4 is 0 Å². The lowest BCUT2D eigenvalue weighted by Gasteiger charge is -2.35. The number of hydrogen-bond acceptors (Lipinski definition) is 2. The van der Waals surface area contributed by atoms with Gasteiger partial charge in [0.25, 0.3) is 0 Å². The van der Waals surface area contributed by atoms with Crippen LogP contribution >= 0.6 is 0 Å². The molecule has 1 aliphatic heterocycles. The first-order chi connectivity index (χ1) is 11.4. The summed E-state index contributed by atoms with van der Waals surface area (Å²) >= 11 is 0. The van der Waals surface area contributed by atoms with Crippen molar-refractivity contribution in [2.45, 2.75) is 19.0 Å². The molecule has 0 spiro atoms. The molecule has 1 aliphatic rings. The number of rotatable bonds is 4. The monoisotopic (exact) mass is 306 g/mol. The van der Waals surface area contributed by atoms with Crippen LogP contribution in [0.15, 0.2) is 60.8 Å². The molecular weight excluding hydrogens is 284 g/mol. The van der Waals surface area contributed by atoms with Gasteiger partial charge in [0.1, 0.15) is 0 Å². The second kappa shape index (κ2) is 6.57. The van der Waals surface area contributed by atoms with E-state index in [4.69, 9.17) is 4.74 Å². The van der Waals surface area contributed by atoms with Gasteiger partial charge in [-0.2, -0.15) is 0 Å². The first-order valence-electron chi connectivity index (χ1n) is 8.31. The van der Waals surface area contributed by atoms with Crippen LogP contribution in [0.25, 0.3) is 10.9 Å². The summed E-state index contributed by atoms with van der Waals surface area (Å²) in [5.74, 6) is 0. The highest BCUT2D eigenvalue weighted by Gasteiger charge is 2.24. The van der Waals surface area contributed by atoms with E-state index >= 15 is 0 Å². The van der Waals surface area contributed by atoms with Crippen molar-refractivity contribution >= 4 is 10.9 Å². The highest BCUT2D eigenvalue weighted by atomic mass is 16.5. The van der Waals surface area contributed by atoms with E-state index < -0.39 is 0 Å². The minimum Gasteiger partial charge on any atom is -0.378 e. The molecule has 0 unspecified atom stereocenters. The van der Waals surface area contributed by atoms with Crippen molar-refractivity contribution in [2.24, 2.45) is 0 Å². The quantitative estimate of drug-likeness (QED) is 0.797. The smallest absolute Gasteiger partial charge is 0.0625 e. The summed E-state index contributed by atoms with van der Waals surface area (Å²) in [6.45, 7) is 3.64. The molecule has 0 bridgehead atoms. The number of ether oxygens (including phenoxy) is 1. The Morgan fingerprint density at radius 1 is 1.04 bits per heavy atom. The zero-order valence-electron chi connectivity index (χ0n) is 13.2. The standard InChI is InChI=1S/C20H22N2O/c1-2-6-16(7-3-1)14-22-10-11-23-15-18(22)12-17-13-21-20-9-5-4-8-19(17)20/h1-9,13,18,21H,10-12,14-15H2/t18-/m1/s1. The van der Waals surface area contributed by atoms with Crippen LogP contribution in [0, 0.1) is 0 Å². The van der Waals surface area contributed by atoms with E-state index in [1.807, 2.05) is 0 Å². The fourth-order valence-electron chi connectivity index (χ4n) is 3.46. The van der Waals surface area contributed by atoms with Crippen molar-refractivity contribution in [3.05, 3.63) is 71.9 Å². The maximum Gasteiger partial charge on any atom is 0.0625 e. The number of nitrogens with one attached hydrogen (secondary N) is 1. The van der Waals surface area contributed by atoms with Crippen LogP contribution in [0.3, 0.4) is 0 Å². The Kier molecular flexibility index (Phi) is 4.14. The van der Waals surface area contributed by atoms with Gasteiger partial charge in [-0.1, -0.05) is 48.5 Å². The van der Waals surface area contributed by atoms with Crippen molar-refractivity contribution in [3.8, 4) is 0 Å². The topological polar surface area (TPSA) is 28.3 Å². The van der Waals surface area contributed by atoms with Crippen LogP contribution in [0.5, 0.6) is 0 Å². The van der Waals surface area contributed by atoms with Gasteiger partial charge in [0.05, 0.1) is 13.2 Å². The van der Waals surface area contributed by atoms with Crippen LogP contribution in [0.2, 0.25) is 0 Å². The predicted octanol–water partition coefficient (Wildman–Crippen LogP) is 3.61. The van der Waals surface area contributed by atoms with E-state index in [0.717, 1.165) is 32.7 Å². The van der Waals surface area contributed by atoms with Gasteiger partial charge in [0.2, 0.25) is 0 Å². The zero-order valence-corrected chi connectivity index (χ0v) is 13.2. The number of H-pyrrole nitrogens is 1. The van der Waals surface area contributed by atoms with Gasteiger partial charge >= 0.3 is 0 Å². The summed E-state index contributed by atoms with van der Waals surface area (Å²) in [6, 6.07) is 19.7. The Bertz CT molecular complexity index is 765. The van der Waals surface area contributed by atoms with Crippen molar-refractivity contribution in [3.63, 3.8) is 0 Å². The minimum atomic E-state index is 0.433. The Morgan fingerprint density at radius 3 is 2.78 bits per heavy atom. The number of hydrogen-bond donors (Lipinski definition) is 1. The zero-order chi connectivity index (χ0) is 15.5. The summed E-state index contributed by atoms with van der Waals surface area (Å²) in [4.78, 5) is 5.94. The summed E-state index contributed by atoms with van der Waals surface area (Å²) < 4.78 is 5.76. The highest BCUT2D eigenvalue weighted by molar-refractivity contribution is 5.83. The average molecular weight is 306 g/mol. The third-order valence-corrected chi connectivity index (χ3v) is 4.71. The van der Waals surface area contributed by atoms with E-state index in [2.05, 4.69) is 70.7 Å². The molecule has 1 saturated heterocycles. The fourth-order valence-corrected chi connectivity index (χ4v) is 3.46. The van der Waals surface area contributed by atoms with Gasteiger partial charge in [0.15, 0.2) is 0 Å². The van der Waals surface area contributed by atoms with Gasteiger partial charge in [-0.05, 0) is 23.6 Å². The van der Waals surface area contributed by atoms with Crippen LogP contribution in [-0.2, 0) is 17.7 Å². The lowest BCUT2D eigenvalue weighted by Crippen LogP contribution is -2.46. The van der Waals surface area contributed by atoms with E-state index in [1.165, 1.54) is 22.0 Å². The molecule has 0 saturated carbocycles. The molecule has 1 fully saturated rings. The molecule has 1 atom stereocenters. The number of aromatic amines is 1. The maximum atomic E-state index is 5.76. The normalized spacial score (nSPS) is 19.2. The summed E-state index contributed by atoms with van der Waals surface area (Å²) in [5.41, 5.74) is 3.97. The molecule has 0 amide bonds. The number of para-hydroxylation sites is 1. The van der Waals surface area contributed by atoms with E-state index in [0.29, 0.717) is 6.04 Å². The Hall–Kier alpha value is -2.10. The molecule has 1 aromatic heterocycles. The summed E-state index contributed by atoms with van der Waals surface area (Å²) in [5, 5.41) is 1.33. The Balaban J connectivity index is 1.53. The van der Waals surface area contributed by atoms with Crippen LogP contribution in [0.1, 0.15) is 11.1 Å². The molecule has 0 radical (unpaired) electrons. The lowest BCUT2D eigenvalue weighted by molar-refractivity contribution is -0.0111. The molecule has 3 heteroatoms. The van der Waals surface area contributed by atoms with E-state index in [1.54, 1.807) is 0 Å². The summed E-state index contributed by atoms with van der Waals surface area (Å²) in [6.07, 6.45) is 3.18. The van der Waals surface area contributed by atoms with Crippen molar-refractivity contribution in [2.75, 3.05) is 19.8 Å². The molecule has 118 valence electrons. The second-order valence-electron chi connectivity index (χ2n) is 6.25. The maximum absolute atomic E-state index is 5.76. The highest BCUT2D eigenvalue weighted by Crippen LogP contribution is 2.22. The number of morpholine rings is 1. The van der Waals surface area contributed by atoms with Gasteiger partial charge in [0, 0.05) is 36.2 Å². The molecule has 1 N–H and O–H groups in total. The van der Waals surface area contributed by atoms with E-state index in [-0.39, 0.29) is 0 Å². The van der Waals surface area contributed by atoms with E-state index in [9.17, 15) is 0 Å². The van der Waals surface area contributed by atoms with Gasteiger partial charge in [-0.25, -0.2) is 0 Å². The van der Waals surface area contributed by atoms with Crippen LogP contribution in [-0.4, -0.2) is 35.7 Å². The summed E-state index contributed by atoms with van der Waals surface area (Å²) in [7, 11) is 0. The van der Waals surface area contributed by atoms with Gasteiger partial charge < -0.3 is 9.72 Å². The van der Waals surface area contributed by atoms with Crippen LogP contribution in [0.4, 0.5) is 0 Å². The van der Waals surface area contributed by atoms with Crippen molar-refractivity contribution in [1.29, 1.82) is 0 Å². The molecule has 23 heavy (non-hydrogen) atoms. The number of nitrogens with zero attached hydrogens (tertiary/aromatic N) is 1. The molecule has 3 nitrogen and oxygen atoms in total. The SMILES string of the molecule is c1ccc(CN2CCOC[C@H]2Cc2c[nH]c3ccccc23)cc1. The molecular formula is C20H22N2O. The second-order valence-corrected chi connectivity index (χ2v) is 6.25. The van der Waals surface area contributed by atoms with Gasteiger partial charge in [-0.3, -0.25) is 4.90 Å². The Morgan fingerprint density at radius 2 is 1.87 bits per heavy atom. The molecule has 2 aromatic carbocycles. The third kappa shape index (κ3) is 3.16. The molecule has 4 rings (SSSR count). The molecule has 2 heterocycles. The average Bonchev–Trinajstić information content (AvgIpc) is 3.01. The molecule has 0 aliphatic carbocycles. The first kappa shape index (κ1) is 14.5. The first-order valence-corrected chi connectivity index (χ1v) is 8.31. The predicted molar refractivity (Wildman–Crippen MR) is 93.5 cm³/mol. The minimum absolute atomic E-state index is 0.433. The third-order valence-electron chi connectivity index (χ3n) is 4.71. The van der Waals surface area contributed by atoms with Crippen molar-refractivity contribution in [1.82, 2.24) is 9.88 Å². The van der Waals surface area contributed by atoms with Crippen molar-refractivity contribution < 1.29 is 4.74 Å². The number of benzene rings is 2. The van der Waals surface area contributed by atoms with Gasteiger partial charge in [-0.15, -0.1) is 0 Å². The Labute approximate surface area is 136 Å². The largest absolute Gasteiger partial charge is 0.378 e. The molecule has 3 aromatic rings. The number of aromatic nitrogens is 1.